The molecular formula is C26H26N2O6S. The zero-order chi connectivity index (χ0) is 25.1. The number of benzene rings is 2. The summed E-state index contributed by atoms with van der Waals surface area (Å²) in [4.78, 5) is 31.7. The third kappa shape index (κ3) is 4.59. The monoisotopic (exact) mass is 494 g/mol. The molecule has 1 aliphatic rings. The molecule has 3 aromatic rings. The molecule has 1 aromatic heterocycles. The summed E-state index contributed by atoms with van der Waals surface area (Å²) in [6, 6.07) is 12.0. The standard InChI is InChI=1S/C26H26N2O6S/c1-6-34-25(30)22-15(2)27-26-28(23(22)17-8-10-18(31-3)11-9-17)24(29)21(35-26)14-16-7-12-19(32-4)20(13-16)33-5/h7-14,23H,6H2,1-5H3/b21-14-/t23-/m1/s1. The van der Waals surface area contributed by atoms with Crippen molar-refractivity contribution in [2.24, 2.45) is 4.99 Å². The number of rotatable bonds is 7. The zero-order valence-corrected chi connectivity index (χ0v) is 21.0. The van der Waals surface area contributed by atoms with E-state index in [2.05, 4.69) is 4.99 Å². The van der Waals surface area contributed by atoms with Crippen LogP contribution in [0.1, 0.15) is 31.0 Å². The normalized spacial score (nSPS) is 15.3. The molecule has 0 N–H and O–H groups in total. The van der Waals surface area contributed by atoms with Gasteiger partial charge in [-0.15, -0.1) is 0 Å². The number of hydrogen-bond acceptors (Lipinski definition) is 8. The highest BCUT2D eigenvalue weighted by Gasteiger charge is 2.33. The van der Waals surface area contributed by atoms with Crippen LogP contribution in [0.4, 0.5) is 0 Å². The Kier molecular flexibility index (Phi) is 7.07. The van der Waals surface area contributed by atoms with E-state index in [1.807, 2.05) is 18.2 Å². The maximum Gasteiger partial charge on any atom is 0.338 e. The van der Waals surface area contributed by atoms with Gasteiger partial charge in [0, 0.05) is 0 Å². The van der Waals surface area contributed by atoms with E-state index in [9.17, 15) is 9.59 Å². The molecule has 1 atom stereocenters. The molecule has 1 aliphatic heterocycles. The second kappa shape index (κ2) is 10.2. The first-order chi connectivity index (χ1) is 16.9. The second-order valence-corrected chi connectivity index (χ2v) is 8.70. The molecule has 4 rings (SSSR count). The Balaban J connectivity index is 1.91. The highest BCUT2D eigenvalue weighted by atomic mass is 32.1. The number of methoxy groups -OCH3 is 3. The summed E-state index contributed by atoms with van der Waals surface area (Å²) >= 11 is 1.26. The van der Waals surface area contributed by atoms with Crippen LogP contribution in [-0.2, 0) is 9.53 Å². The Morgan fingerprint density at radius 1 is 1.06 bits per heavy atom. The molecule has 9 heteroatoms. The van der Waals surface area contributed by atoms with E-state index in [1.54, 1.807) is 70.1 Å². The van der Waals surface area contributed by atoms with Gasteiger partial charge in [0.05, 0.1) is 49.8 Å². The van der Waals surface area contributed by atoms with Crippen molar-refractivity contribution in [1.82, 2.24) is 4.57 Å². The Bertz CT molecular complexity index is 1470. The summed E-state index contributed by atoms with van der Waals surface area (Å²) in [6.07, 6.45) is 1.78. The molecule has 0 unspecified atom stereocenters. The molecule has 0 aliphatic carbocycles. The van der Waals surface area contributed by atoms with Crippen LogP contribution < -0.4 is 29.1 Å². The van der Waals surface area contributed by atoms with E-state index >= 15 is 0 Å². The molecule has 0 radical (unpaired) electrons. The highest BCUT2D eigenvalue weighted by Crippen LogP contribution is 2.32. The number of ether oxygens (including phenoxy) is 4. The minimum Gasteiger partial charge on any atom is -0.497 e. The molecule has 0 saturated carbocycles. The van der Waals surface area contributed by atoms with E-state index in [-0.39, 0.29) is 12.2 Å². The number of nitrogens with zero attached hydrogens (tertiary/aromatic N) is 2. The number of esters is 1. The van der Waals surface area contributed by atoms with Crippen LogP contribution >= 0.6 is 11.3 Å². The smallest absolute Gasteiger partial charge is 0.338 e. The largest absolute Gasteiger partial charge is 0.497 e. The van der Waals surface area contributed by atoms with Gasteiger partial charge in [0.2, 0.25) is 0 Å². The van der Waals surface area contributed by atoms with Crippen molar-refractivity contribution in [3.8, 4) is 17.2 Å². The Labute approximate surface area is 206 Å². The van der Waals surface area contributed by atoms with Crippen LogP contribution in [0.25, 0.3) is 6.08 Å². The fourth-order valence-electron chi connectivity index (χ4n) is 3.99. The van der Waals surface area contributed by atoms with Gasteiger partial charge in [-0.1, -0.05) is 29.5 Å². The first kappa shape index (κ1) is 24.3. The quantitative estimate of drug-likeness (QED) is 0.470. The third-order valence-corrected chi connectivity index (χ3v) is 6.64. The van der Waals surface area contributed by atoms with E-state index in [1.165, 1.54) is 11.3 Å². The summed E-state index contributed by atoms with van der Waals surface area (Å²) in [5.41, 5.74) is 2.13. The van der Waals surface area contributed by atoms with Gasteiger partial charge in [0.25, 0.3) is 5.56 Å². The van der Waals surface area contributed by atoms with E-state index in [4.69, 9.17) is 18.9 Å². The summed E-state index contributed by atoms with van der Waals surface area (Å²) in [5.74, 6) is 1.34. The average Bonchev–Trinajstić information content (AvgIpc) is 3.17. The van der Waals surface area contributed by atoms with Crippen molar-refractivity contribution in [2.75, 3.05) is 27.9 Å². The Morgan fingerprint density at radius 2 is 1.77 bits per heavy atom. The summed E-state index contributed by atoms with van der Waals surface area (Å²) in [5, 5.41) is 0. The van der Waals surface area contributed by atoms with Crippen LogP contribution in [0.15, 0.2) is 63.5 Å². The van der Waals surface area contributed by atoms with E-state index in [0.717, 1.165) is 11.1 Å². The van der Waals surface area contributed by atoms with Gasteiger partial charge in [0.15, 0.2) is 16.3 Å². The fraction of sp³-hybridized carbons (Fsp3) is 0.269. The molecule has 182 valence electrons. The number of allylic oxidation sites excluding steroid dienone is 1. The number of carbonyl (C=O) groups is 1. The van der Waals surface area contributed by atoms with Gasteiger partial charge in [0.1, 0.15) is 5.75 Å². The van der Waals surface area contributed by atoms with Gasteiger partial charge in [-0.05, 0) is 55.3 Å². The predicted octanol–water partition coefficient (Wildman–Crippen LogP) is 2.82. The molecule has 0 amide bonds. The van der Waals surface area contributed by atoms with Gasteiger partial charge in [-0.3, -0.25) is 9.36 Å². The van der Waals surface area contributed by atoms with Crippen molar-refractivity contribution in [1.29, 1.82) is 0 Å². The lowest BCUT2D eigenvalue weighted by Crippen LogP contribution is -2.39. The van der Waals surface area contributed by atoms with Gasteiger partial charge < -0.3 is 18.9 Å². The van der Waals surface area contributed by atoms with E-state index in [0.29, 0.717) is 37.9 Å². The fourth-order valence-corrected chi connectivity index (χ4v) is 5.03. The van der Waals surface area contributed by atoms with Crippen LogP contribution in [0.2, 0.25) is 0 Å². The third-order valence-electron chi connectivity index (χ3n) is 5.65. The summed E-state index contributed by atoms with van der Waals surface area (Å²) in [7, 11) is 4.71. The molecule has 0 saturated heterocycles. The van der Waals surface area contributed by atoms with Crippen molar-refractivity contribution in [3.05, 3.63) is 84.5 Å². The lowest BCUT2D eigenvalue weighted by molar-refractivity contribution is -0.139. The van der Waals surface area contributed by atoms with Gasteiger partial charge in [-0.2, -0.15) is 0 Å². The zero-order valence-electron chi connectivity index (χ0n) is 20.2. The molecule has 2 aromatic carbocycles. The maximum atomic E-state index is 13.7. The summed E-state index contributed by atoms with van der Waals surface area (Å²) < 4.78 is 23.3. The molecule has 2 heterocycles. The van der Waals surface area contributed by atoms with E-state index < -0.39 is 12.0 Å². The molecular weight excluding hydrogens is 468 g/mol. The number of fused-ring (bicyclic) bond motifs is 1. The predicted molar refractivity (Wildman–Crippen MR) is 133 cm³/mol. The molecule has 0 fully saturated rings. The first-order valence-corrected chi connectivity index (χ1v) is 11.8. The number of hydrogen-bond donors (Lipinski definition) is 0. The Morgan fingerprint density at radius 3 is 2.40 bits per heavy atom. The minimum absolute atomic E-state index is 0.217. The average molecular weight is 495 g/mol. The Hall–Kier alpha value is -3.85. The SMILES string of the molecule is CCOC(=O)C1=C(C)N=c2s/c(=C\c3ccc(OC)c(OC)c3)c(=O)n2[C@@H]1c1ccc(OC)cc1. The molecule has 35 heavy (non-hydrogen) atoms. The van der Waals surface area contributed by atoms with Gasteiger partial charge in [-0.25, -0.2) is 9.79 Å². The highest BCUT2D eigenvalue weighted by molar-refractivity contribution is 7.07. The van der Waals surface area contributed by atoms with Crippen molar-refractivity contribution >= 4 is 23.4 Å². The molecule has 0 bridgehead atoms. The number of thiazole rings is 1. The van der Waals surface area contributed by atoms with Crippen molar-refractivity contribution in [3.63, 3.8) is 0 Å². The molecule has 0 spiro atoms. The second-order valence-electron chi connectivity index (χ2n) is 7.69. The molecule has 8 nitrogen and oxygen atoms in total. The van der Waals surface area contributed by atoms with Crippen LogP contribution in [-0.4, -0.2) is 38.5 Å². The van der Waals surface area contributed by atoms with Crippen molar-refractivity contribution < 1.29 is 23.7 Å². The first-order valence-electron chi connectivity index (χ1n) is 11.0. The maximum absolute atomic E-state index is 13.7. The van der Waals surface area contributed by atoms with Crippen molar-refractivity contribution in [2.45, 2.75) is 19.9 Å². The van der Waals surface area contributed by atoms with Crippen LogP contribution in [0, 0.1) is 0 Å². The number of carbonyl (C=O) groups excluding carboxylic acids is 1. The summed E-state index contributed by atoms with van der Waals surface area (Å²) in [6.45, 7) is 3.72. The lowest BCUT2D eigenvalue weighted by atomic mass is 9.96. The minimum atomic E-state index is -0.677. The van der Waals surface area contributed by atoms with Crippen LogP contribution in [0.5, 0.6) is 17.2 Å². The lowest BCUT2D eigenvalue weighted by Gasteiger charge is -2.24. The number of aromatic nitrogens is 1. The van der Waals surface area contributed by atoms with Gasteiger partial charge >= 0.3 is 5.97 Å². The van der Waals surface area contributed by atoms with Crippen LogP contribution in [0.3, 0.4) is 0 Å². The topological polar surface area (TPSA) is 88.4 Å².